The Balaban J connectivity index is 2.03. The number of nitro benzene ring substituents is 2. The molecule has 0 unspecified atom stereocenters. The van der Waals surface area contributed by atoms with E-state index in [1.165, 1.54) is 37.4 Å². The molecule has 0 fully saturated rings. The number of halogens is 1. The van der Waals surface area contributed by atoms with E-state index in [0.717, 1.165) is 6.07 Å². The first-order valence-electron chi connectivity index (χ1n) is 7.01. The molecule has 0 saturated heterocycles. The monoisotopic (exact) mass is 381 g/mol. The molecule has 11 heteroatoms. The molecule has 2 rings (SSSR count). The van der Waals surface area contributed by atoms with Crippen molar-refractivity contribution in [3.05, 3.63) is 61.6 Å². The summed E-state index contributed by atoms with van der Waals surface area (Å²) in [5.74, 6) is -0.365. The fraction of sp³-hybridized carbons (Fsp3) is 0.133. The van der Waals surface area contributed by atoms with Crippen LogP contribution in [0.15, 0.2) is 36.4 Å². The van der Waals surface area contributed by atoms with E-state index in [4.69, 9.17) is 21.1 Å². The zero-order chi connectivity index (χ0) is 19.3. The first kappa shape index (κ1) is 18.9. The summed E-state index contributed by atoms with van der Waals surface area (Å²) < 4.78 is 10.2. The number of nitro groups is 2. The van der Waals surface area contributed by atoms with Crippen molar-refractivity contribution in [2.75, 3.05) is 19.0 Å². The maximum absolute atomic E-state index is 12.0. The van der Waals surface area contributed by atoms with E-state index in [-0.39, 0.29) is 33.6 Å². The van der Waals surface area contributed by atoms with Gasteiger partial charge in [-0.05, 0) is 12.1 Å². The fourth-order valence-corrected chi connectivity index (χ4v) is 2.18. The summed E-state index contributed by atoms with van der Waals surface area (Å²) in [6.45, 7) is -0.433. The molecule has 0 aliphatic heterocycles. The lowest BCUT2D eigenvalue weighted by atomic mass is 10.2. The van der Waals surface area contributed by atoms with Gasteiger partial charge in [-0.15, -0.1) is 0 Å². The van der Waals surface area contributed by atoms with Crippen LogP contribution in [0.1, 0.15) is 0 Å². The standard InChI is InChI=1S/C15H12ClN3O7/c1-25-14-7-10(19(23)24)2-4-12(14)17-15(20)8-26-13-5-3-9(18(21)22)6-11(13)16/h2-7H,8H2,1H3,(H,17,20). The van der Waals surface area contributed by atoms with Crippen LogP contribution in [0.5, 0.6) is 11.5 Å². The van der Waals surface area contributed by atoms with Gasteiger partial charge in [0.1, 0.15) is 11.5 Å². The van der Waals surface area contributed by atoms with Gasteiger partial charge in [-0.1, -0.05) is 11.6 Å². The zero-order valence-electron chi connectivity index (χ0n) is 13.3. The van der Waals surface area contributed by atoms with Gasteiger partial charge in [0.05, 0.1) is 33.7 Å². The first-order chi connectivity index (χ1) is 12.3. The smallest absolute Gasteiger partial charge is 0.273 e. The second-order valence-corrected chi connectivity index (χ2v) is 5.26. The number of carbonyl (C=O) groups is 1. The molecule has 0 aliphatic carbocycles. The molecule has 10 nitrogen and oxygen atoms in total. The fourth-order valence-electron chi connectivity index (χ4n) is 1.95. The van der Waals surface area contributed by atoms with E-state index in [9.17, 15) is 25.0 Å². The second-order valence-electron chi connectivity index (χ2n) is 4.85. The molecule has 1 amide bonds. The van der Waals surface area contributed by atoms with Crippen molar-refractivity contribution in [1.29, 1.82) is 0 Å². The molecule has 0 heterocycles. The summed E-state index contributed by atoms with van der Waals surface area (Å²) >= 11 is 5.87. The summed E-state index contributed by atoms with van der Waals surface area (Å²) in [7, 11) is 1.31. The van der Waals surface area contributed by atoms with Crippen molar-refractivity contribution >= 4 is 34.6 Å². The van der Waals surface area contributed by atoms with Gasteiger partial charge >= 0.3 is 0 Å². The van der Waals surface area contributed by atoms with Crippen LogP contribution >= 0.6 is 11.6 Å². The number of methoxy groups -OCH3 is 1. The Bertz CT molecular complexity index is 872. The third-order valence-corrected chi connectivity index (χ3v) is 3.45. The molecule has 136 valence electrons. The molecule has 0 radical (unpaired) electrons. The highest BCUT2D eigenvalue weighted by Gasteiger charge is 2.15. The van der Waals surface area contributed by atoms with Crippen LogP contribution in [0.25, 0.3) is 0 Å². The Labute approximate surface area is 151 Å². The van der Waals surface area contributed by atoms with Gasteiger partial charge in [0.25, 0.3) is 17.3 Å². The average molecular weight is 382 g/mol. The average Bonchev–Trinajstić information content (AvgIpc) is 2.60. The van der Waals surface area contributed by atoms with Crippen LogP contribution < -0.4 is 14.8 Å². The highest BCUT2D eigenvalue weighted by atomic mass is 35.5. The highest BCUT2D eigenvalue weighted by molar-refractivity contribution is 6.32. The first-order valence-corrected chi connectivity index (χ1v) is 7.38. The lowest BCUT2D eigenvalue weighted by Gasteiger charge is -2.11. The molecule has 2 aromatic carbocycles. The molecule has 0 aliphatic rings. The number of hydrogen-bond acceptors (Lipinski definition) is 7. The van der Waals surface area contributed by atoms with E-state index in [1.807, 2.05) is 0 Å². The summed E-state index contributed by atoms with van der Waals surface area (Å²) in [4.78, 5) is 32.2. The molecule has 2 aromatic rings. The number of amides is 1. The number of nitrogens with zero attached hydrogens (tertiary/aromatic N) is 2. The van der Waals surface area contributed by atoms with E-state index in [1.54, 1.807) is 0 Å². The molecule has 0 bridgehead atoms. The van der Waals surface area contributed by atoms with E-state index >= 15 is 0 Å². The Hall–Kier alpha value is -3.40. The van der Waals surface area contributed by atoms with Gasteiger partial charge in [0.15, 0.2) is 6.61 Å². The summed E-state index contributed by atoms with van der Waals surface area (Å²) in [5, 5.41) is 23.9. The van der Waals surface area contributed by atoms with Gasteiger partial charge in [-0.2, -0.15) is 0 Å². The molecule has 0 atom stereocenters. The number of nitrogens with one attached hydrogen (secondary N) is 1. The molecule has 0 aromatic heterocycles. The van der Waals surface area contributed by atoms with Crippen LogP contribution in [0.4, 0.5) is 17.1 Å². The van der Waals surface area contributed by atoms with Crippen molar-refractivity contribution in [1.82, 2.24) is 0 Å². The van der Waals surface area contributed by atoms with Crippen LogP contribution in [0.2, 0.25) is 5.02 Å². The van der Waals surface area contributed by atoms with E-state index in [2.05, 4.69) is 5.32 Å². The third kappa shape index (κ3) is 4.57. The third-order valence-electron chi connectivity index (χ3n) is 3.16. The predicted molar refractivity (Wildman–Crippen MR) is 91.9 cm³/mol. The van der Waals surface area contributed by atoms with Gasteiger partial charge in [-0.3, -0.25) is 25.0 Å². The van der Waals surface area contributed by atoms with Crippen molar-refractivity contribution < 1.29 is 24.1 Å². The van der Waals surface area contributed by atoms with Crippen LogP contribution in [-0.4, -0.2) is 29.5 Å². The Kier molecular flexibility index (Phi) is 5.91. The van der Waals surface area contributed by atoms with Crippen molar-refractivity contribution in [3.63, 3.8) is 0 Å². The Morgan fingerprint density at radius 3 is 2.27 bits per heavy atom. The highest BCUT2D eigenvalue weighted by Crippen LogP contribution is 2.30. The zero-order valence-corrected chi connectivity index (χ0v) is 14.1. The number of hydrogen-bond donors (Lipinski definition) is 1. The number of anilines is 1. The molecule has 1 N–H and O–H groups in total. The maximum Gasteiger partial charge on any atom is 0.273 e. The van der Waals surface area contributed by atoms with Gasteiger partial charge in [0, 0.05) is 18.2 Å². The number of benzene rings is 2. The number of ether oxygens (including phenoxy) is 2. The van der Waals surface area contributed by atoms with E-state index in [0.29, 0.717) is 0 Å². The Morgan fingerprint density at radius 1 is 1.08 bits per heavy atom. The second kappa shape index (κ2) is 8.12. The van der Waals surface area contributed by atoms with Crippen LogP contribution in [-0.2, 0) is 4.79 Å². The minimum atomic E-state index is -0.608. The summed E-state index contributed by atoms with van der Waals surface area (Å²) in [6, 6.07) is 7.29. The van der Waals surface area contributed by atoms with Gasteiger partial charge in [-0.25, -0.2) is 0 Å². The normalized spacial score (nSPS) is 10.1. The molecular weight excluding hydrogens is 370 g/mol. The largest absolute Gasteiger partial charge is 0.494 e. The lowest BCUT2D eigenvalue weighted by Crippen LogP contribution is -2.20. The van der Waals surface area contributed by atoms with Crippen LogP contribution in [0.3, 0.4) is 0 Å². The summed E-state index contributed by atoms with van der Waals surface area (Å²) in [5.41, 5.74) is -0.169. The maximum atomic E-state index is 12.0. The number of carbonyl (C=O) groups excluding carboxylic acids is 1. The van der Waals surface area contributed by atoms with E-state index < -0.39 is 22.4 Å². The number of non-ortho nitro benzene ring substituents is 2. The minimum absolute atomic E-state index is 0.0140. The topological polar surface area (TPSA) is 134 Å². The van der Waals surface area contributed by atoms with Crippen LogP contribution in [0, 0.1) is 20.2 Å². The Morgan fingerprint density at radius 2 is 1.69 bits per heavy atom. The van der Waals surface area contributed by atoms with Crippen molar-refractivity contribution in [2.45, 2.75) is 0 Å². The van der Waals surface area contributed by atoms with Crippen molar-refractivity contribution in [2.24, 2.45) is 0 Å². The lowest BCUT2D eigenvalue weighted by molar-refractivity contribution is -0.385. The molecule has 0 spiro atoms. The molecule has 26 heavy (non-hydrogen) atoms. The van der Waals surface area contributed by atoms with Gasteiger partial charge in [0.2, 0.25) is 0 Å². The predicted octanol–water partition coefficient (Wildman–Crippen LogP) is 3.18. The minimum Gasteiger partial charge on any atom is -0.494 e. The SMILES string of the molecule is COc1cc([N+](=O)[O-])ccc1NC(=O)COc1ccc([N+](=O)[O-])cc1Cl. The van der Waals surface area contributed by atoms with Gasteiger partial charge < -0.3 is 14.8 Å². The molecular formula is C15H12ClN3O7. The van der Waals surface area contributed by atoms with Crippen molar-refractivity contribution in [3.8, 4) is 11.5 Å². The summed E-state index contributed by atoms with van der Waals surface area (Å²) in [6.07, 6.45) is 0. The quantitative estimate of drug-likeness (QED) is 0.574. The number of rotatable bonds is 7. The molecule has 0 saturated carbocycles.